The van der Waals surface area contributed by atoms with E-state index in [0.29, 0.717) is 30.8 Å². The van der Waals surface area contributed by atoms with Crippen LogP contribution >= 0.6 is 23.4 Å². The maximum Gasteiger partial charge on any atom is 0.420 e. The van der Waals surface area contributed by atoms with E-state index in [2.05, 4.69) is 21.0 Å². The number of nitrogens with two attached hydrogens (primary N) is 2. The molecule has 0 saturated carbocycles. The smallest absolute Gasteiger partial charge is 0.382 e. The molecule has 190 valence electrons. The zero-order chi connectivity index (χ0) is 25.7. The van der Waals surface area contributed by atoms with E-state index in [9.17, 15) is 18.3 Å². The van der Waals surface area contributed by atoms with Crippen LogP contribution in [-0.2, 0) is 6.42 Å². The van der Waals surface area contributed by atoms with Gasteiger partial charge in [-0.25, -0.2) is 15.0 Å². The van der Waals surface area contributed by atoms with Gasteiger partial charge < -0.3 is 21.5 Å². The number of aliphatic hydroxyl groups is 1. The van der Waals surface area contributed by atoms with Gasteiger partial charge >= 0.3 is 6.18 Å². The molecular weight excluding hydrogens is 513 g/mol. The Hall–Kier alpha value is -2.60. The zero-order valence-electron chi connectivity index (χ0n) is 19.0. The van der Waals surface area contributed by atoms with Gasteiger partial charge in [0.25, 0.3) is 0 Å². The number of aromatic nitrogens is 3. The third-order valence-electron chi connectivity index (χ3n) is 7.07. The van der Waals surface area contributed by atoms with Crippen LogP contribution in [0.25, 0.3) is 0 Å². The molecule has 3 aromatic rings. The second kappa shape index (κ2) is 9.37. The predicted octanol–water partition coefficient (Wildman–Crippen LogP) is 4.70. The molecule has 7 nitrogen and oxygen atoms in total. The molecule has 5 N–H and O–H groups in total. The molecule has 1 aliphatic carbocycles. The van der Waals surface area contributed by atoms with E-state index in [1.165, 1.54) is 18.0 Å². The molecule has 2 aromatic heterocycles. The fourth-order valence-electron chi connectivity index (χ4n) is 5.11. The van der Waals surface area contributed by atoms with E-state index >= 15 is 0 Å². The fraction of sp³-hybridized carbons (Fsp3) is 0.375. The summed E-state index contributed by atoms with van der Waals surface area (Å²) in [4.78, 5) is 14.6. The van der Waals surface area contributed by atoms with Gasteiger partial charge in [-0.3, -0.25) is 0 Å². The van der Waals surface area contributed by atoms with Crippen molar-refractivity contribution >= 4 is 35.0 Å². The van der Waals surface area contributed by atoms with Crippen molar-refractivity contribution in [1.29, 1.82) is 0 Å². The van der Waals surface area contributed by atoms with Gasteiger partial charge in [0, 0.05) is 30.2 Å². The maximum absolute atomic E-state index is 13.6. The highest BCUT2D eigenvalue weighted by Gasteiger charge is 2.47. The minimum Gasteiger partial charge on any atom is -0.382 e. The lowest BCUT2D eigenvalue weighted by molar-refractivity contribution is -0.208. The molecule has 1 aliphatic heterocycles. The Morgan fingerprint density at radius 3 is 2.58 bits per heavy atom. The van der Waals surface area contributed by atoms with Gasteiger partial charge in [0.15, 0.2) is 11.9 Å². The van der Waals surface area contributed by atoms with Crippen LogP contribution in [0.2, 0.25) is 5.02 Å². The Kier molecular flexibility index (Phi) is 6.52. The first-order valence-electron chi connectivity index (χ1n) is 11.4. The van der Waals surface area contributed by atoms with E-state index in [0.717, 1.165) is 23.7 Å². The van der Waals surface area contributed by atoms with Crippen molar-refractivity contribution in [3.63, 3.8) is 0 Å². The Labute approximate surface area is 215 Å². The Bertz CT molecular complexity index is 1280. The fourth-order valence-corrected chi connectivity index (χ4v) is 6.14. The van der Waals surface area contributed by atoms with Crippen LogP contribution in [0.15, 0.2) is 52.6 Å². The summed E-state index contributed by atoms with van der Waals surface area (Å²) in [5, 5.41) is 10.5. The van der Waals surface area contributed by atoms with Crippen LogP contribution in [0.5, 0.6) is 0 Å². The molecule has 1 unspecified atom stereocenters. The average molecular weight is 537 g/mol. The van der Waals surface area contributed by atoms with E-state index in [-0.39, 0.29) is 33.1 Å². The van der Waals surface area contributed by atoms with Crippen molar-refractivity contribution < 1.29 is 18.3 Å². The number of hydrogen-bond donors (Lipinski definition) is 3. The highest BCUT2D eigenvalue weighted by atomic mass is 35.5. The third-order valence-corrected chi connectivity index (χ3v) is 8.55. The number of hydrogen-bond acceptors (Lipinski definition) is 8. The summed E-state index contributed by atoms with van der Waals surface area (Å²) in [5.74, 6) is 0.111. The molecule has 36 heavy (non-hydrogen) atoms. The van der Waals surface area contributed by atoms with Crippen molar-refractivity contribution in [2.75, 3.05) is 23.7 Å². The molecule has 1 fully saturated rings. The lowest BCUT2D eigenvalue weighted by atomic mass is 9.73. The SMILES string of the molecule is Nc1nccc(Sc2cnc(N3CCC4(CC3)Cc3ccccc3[C@H]4N)c(C(O)C(F)(F)F)n2)c1Cl. The molecule has 0 bridgehead atoms. The highest BCUT2D eigenvalue weighted by molar-refractivity contribution is 7.99. The molecular formula is C24H24ClF3N6OS. The van der Waals surface area contributed by atoms with Crippen LogP contribution in [0.4, 0.5) is 24.8 Å². The van der Waals surface area contributed by atoms with Gasteiger partial charge in [0.2, 0.25) is 0 Å². The number of nitrogens with zero attached hydrogens (tertiary/aromatic N) is 4. The van der Waals surface area contributed by atoms with E-state index in [1.807, 2.05) is 18.2 Å². The van der Waals surface area contributed by atoms with E-state index < -0.39 is 18.0 Å². The number of benzene rings is 1. The number of piperidine rings is 1. The van der Waals surface area contributed by atoms with Crippen LogP contribution in [0.1, 0.15) is 41.8 Å². The molecule has 0 radical (unpaired) electrons. The Morgan fingerprint density at radius 2 is 1.89 bits per heavy atom. The number of rotatable bonds is 4. The van der Waals surface area contributed by atoms with Crippen molar-refractivity contribution in [1.82, 2.24) is 15.0 Å². The predicted molar refractivity (Wildman–Crippen MR) is 132 cm³/mol. The molecule has 5 rings (SSSR count). The molecule has 12 heteroatoms. The summed E-state index contributed by atoms with van der Waals surface area (Å²) in [5.41, 5.74) is 14.0. The largest absolute Gasteiger partial charge is 0.420 e. The molecule has 3 heterocycles. The third kappa shape index (κ3) is 4.49. The second-order valence-corrected chi connectivity index (χ2v) is 10.6. The quantitative estimate of drug-likeness (QED) is 0.440. The molecule has 1 aromatic carbocycles. The highest BCUT2D eigenvalue weighted by Crippen LogP contribution is 2.51. The summed E-state index contributed by atoms with van der Waals surface area (Å²) in [7, 11) is 0. The minimum atomic E-state index is -4.90. The van der Waals surface area contributed by atoms with Crippen LogP contribution < -0.4 is 16.4 Å². The lowest BCUT2D eigenvalue weighted by Crippen LogP contribution is -2.45. The second-order valence-electron chi connectivity index (χ2n) is 9.17. The number of pyridine rings is 1. The zero-order valence-corrected chi connectivity index (χ0v) is 20.6. The van der Waals surface area contributed by atoms with Crippen LogP contribution in [0.3, 0.4) is 0 Å². The maximum atomic E-state index is 13.6. The minimum absolute atomic E-state index is 0.0171. The number of aliphatic hydroxyl groups excluding tert-OH is 1. The molecule has 2 aliphatic rings. The Morgan fingerprint density at radius 1 is 1.17 bits per heavy atom. The van der Waals surface area contributed by atoms with Crippen LogP contribution in [0, 0.1) is 5.41 Å². The Balaban J connectivity index is 1.41. The summed E-state index contributed by atoms with van der Waals surface area (Å²) < 4.78 is 40.8. The standard InChI is InChI=1S/C24H24ClF3N6OS/c25-17-15(5-8-31-21(17)30)36-16-12-32-22(18(33-16)20(35)24(26,27)28)34-9-6-23(7-10-34)11-13-3-1-2-4-14(13)19(23)29/h1-5,8,12,19-20,35H,6-7,9-11,29H2,(H2,30,31)/t19-,20?/m1/s1. The topological polar surface area (TPSA) is 114 Å². The molecule has 1 saturated heterocycles. The first-order chi connectivity index (χ1) is 17.1. The summed E-state index contributed by atoms with van der Waals surface area (Å²) >= 11 is 7.17. The summed E-state index contributed by atoms with van der Waals surface area (Å²) in [6.07, 6.45) is -2.66. The molecule has 0 amide bonds. The monoisotopic (exact) mass is 536 g/mol. The van der Waals surface area contributed by atoms with Gasteiger partial charge in [-0.15, -0.1) is 0 Å². The van der Waals surface area contributed by atoms with Gasteiger partial charge in [0.1, 0.15) is 16.5 Å². The number of anilines is 2. The van der Waals surface area contributed by atoms with Crippen LogP contribution in [-0.4, -0.2) is 39.3 Å². The van der Waals surface area contributed by atoms with Gasteiger partial charge in [-0.05, 0) is 41.9 Å². The van der Waals surface area contributed by atoms with Crippen molar-refractivity contribution in [3.05, 3.63) is 64.6 Å². The van der Waals surface area contributed by atoms with E-state index in [4.69, 9.17) is 23.1 Å². The first kappa shape index (κ1) is 25.1. The van der Waals surface area contributed by atoms with Crippen molar-refractivity contribution in [2.45, 2.75) is 47.5 Å². The lowest BCUT2D eigenvalue weighted by Gasteiger charge is -2.43. The average Bonchev–Trinajstić information content (AvgIpc) is 3.12. The number of fused-ring (bicyclic) bond motifs is 1. The van der Waals surface area contributed by atoms with Gasteiger partial charge in [0.05, 0.1) is 11.2 Å². The first-order valence-corrected chi connectivity index (χ1v) is 12.6. The normalized spacial score (nSPS) is 19.9. The van der Waals surface area contributed by atoms with Gasteiger partial charge in [-0.1, -0.05) is 47.6 Å². The van der Waals surface area contributed by atoms with Crippen molar-refractivity contribution in [3.8, 4) is 0 Å². The van der Waals surface area contributed by atoms with E-state index in [1.54, 1.807) is 11.0 Å². The molecule has 1 spiro atoms. The summed E-state index contributed by atoms with van der Waals surface area (Å²) in [6, 6.07) is 9.54. The van der Waals surface area contributed by atoms with Gasteiger partial charge in [-0.2, -0.15) is 13.2 Å². The number of halogens is 4. The van der Waals surface area contributed by atoms with Crippen molar-refractivity contribution in [2.24, 2.45) is 11.1 Å². The number of alkyl halides is 3. The summed E-state index contributed by atoms with van der Waals surface area (Å²) in [6.45, 7) is 0.903. The number of nitrogen functional groups attached to an aromatic ring is 1. The molecule has 2 atom stereocenters.